The maximum atomic E-state index is 12.7. The summed E-state index contributed by atoms with van der Waals surface area (Å²) in [5.41, 5.74) is 1.98. The fraction of sp³-hybridized carbons (Fsp3) is 0.421. The zero-order chi connectivity index (χ0) is 17.0. The minimum Gasteiger partial charge on any atom is -0.357 e. The Morgan fingerprint density at radius 3 is 2.32 bits per heavy atom. The van der Waals surface area contributed by atoms with Crippen molar-refractivity contribution in [2.45, 2.75) is 44.2 Å². The van der Waals surface area contributed by atoms with Crippen LogP contribution in [0, 0.1) is 0 Å². The van der Waals surface area contributed by atoms with Crippen molar-refractivity contribution in [2.75, 3.05) is 11.5 Å². The number of benzene rings is 1. The SMILES string of the molecule is O=C1c2ccccc2C(=O)N1c1cc(C2CC2)n(C2CCCCO2)n1. The van der Waals surface area contributed by atoms with Gasteiger partial charge in [0.1, 0.15) is 0 Å². The van der Waals surface area contributed by atoms with E-state index in [0.717, 1.165) is 44.4 Å². The summed E-state index contributed by atoms with van der Waals surface area (Å²) in [6, 6.07) is 8.84. The Morgan fingerprint density at radius 2 is 1.72 bits per heavy atom. The van der Waals surface area contributed by atoms with Crippen molar-refractivity contribution in [1.82, 2.24) is 9.78 Å². The normalized spacial score (nSPS) is 23.2. The van der Waals surface area contributed by atoms with Crippen LogP contribution >= 0.6 is 0 Å². The molecule has 3 heterocycles. The van der Waals surface area contributed by atoms with E-state index in [9.17, 15) is 9.59 Å². The molecule has 6 heteroatoms. The van der Waals surface area contributed by atoms with Gasteiger partial charge in [0.25, 0.3) is 11.8 Å². The number of nitrogens with zero attached hydrogens (tertiary/aromatic N) is 3. The zero-order valence-electron chi connectivity index (χ0n) is 13.9. The number of imide groups is 1. The van der Waals surface area contributed by atoms with Crippen LogP contribution < -0.4 is 4.90 Å². The van der Waals surface area contributed by atoms with Gasteiger partial charge in [0.15, 0.2) is 12.0 Å². The van der Waals surface area contributed by atoms with E-state index in [-0.39, 0.29) is 18.0 Å². The van der Waals surface area contributed by atoms with Gasteiger partial charge in [-0.3, -0.25) is 9.59 Å². The van der Waals surface area contributed by atoms with Gasteiger partial charge in [-0.2, -0.15) is 5.10 Å². The number of carbonyl (C=O) groups is 2. The maximum absolute atomic E-state index is 12.7. The minimum absolute atomic E-state index is 0.0896. The molecule has 2 amide bonds. The zero-order valence-corrected chi connectivity index (χ0v) is 13.9. The number of hydrogen-bond donors (Lipinski definition) is 0. The summed E-state index contributed by atoms with van der Waals surface area (Å²) in [7, 11) is 0. The minimum atomic E-state index is -0.294. The smallest absolute Gasteiger partial charge is 0.267 e. The Labute approximate surface area is 145 Å². The van der Waals surface area contributed by atoms with Gasteiger partial charge in [-0.1, -0.05) is 12.1 Å². The van der Waals surface area contributed by atoms with E-state index >= 15 is 0 Å². The van der Waals surface area contributed by atoms with Gasteiger partial charge in [-0.05, 0) is 44.2 Å². The average molecular weight is 337 g/mol. The lowest BCUT2D eigenvalue weighted by molar-refractivity contribution is -0.0410. The largest absolute Gasteiger partial charge is 0.357 e. The predicted octanol–water partition coefficient (Wildman–Crippen LogP) is 3.26. The lowest BCUT2D eigenvalue weighted by Gasteiger charge is -2.24. The highest BCUT2D eigenvalue weighted by molar-refractivity contribution is 6.34. The Kier molecular flexibility index (Phi) is 3.28. The van der Waals surface area contributed by atoms with E-state index < -0.39 is 0 Å². The highest BCUT2D eigenvalue weighted by Crippen LogP contribution is 2.43. The fourth-order valence-electron chi connectivity index (χ4n) is 3.73. The van der Waals surface area contributed by atoms with Crippen LogP contribution in [0.5, 0.6) is 0 Å². The molecular weight excluding hydrogens is 318 g/mol. The van der Waals surface area contributed by atoms with Crippen molar-refractivity contribution in [2.24, 2.45) is 0 Å². The van der Waals surface area contributed by atoms with E-state index in [1.54, 1.807) is 24.3 Å². The van der Waals surface area contributed by atoms with Crippen LogP contribution in [-0.2, 0) is 4.74 Å². The van der Waals surface area contributed by atoms with Crippen LogP contribution in [0.1, 0.15) is 70.7 Å². The summed E-state index contributed by atoms with van der Waals surface area (Å²) >= 11 is 0. The number of fused-ring (bicyclic) bond motifs is 1. The molecule has 5 rings (SSSR count). The van der Waals surface area contributed by atoms with Gasteiger partial charge in [0.05, 0.1) is 11.1 Å². The molecule has 1 aliphatic carbocycles. The molecule has 0 spiro atoms. The molecule has 0 bridgehead atoms. The van der Waals surface area contributed by atoms with Crippen LogP contribution in [0.2, 0.25) is 0 Å². The third-order valence-electron chi connectivity index (χ3n) is 5.20. The molecule has 128 valence electrons. The summed E-state index contributed by atoms with van der Waals surface area (Å²) in [6.07, 6.45) is 5.26. The molecule has 0 radical (unpaired) electrons. The quantitative estimate of drug-likeness (QED) is 0.807. The predicted molar refractivity (Wildman–Crippen MR) is 90.6 cm³/mol. The topological polar surface area (TPSA) is 64.4 Å². The summed E-state index contributed by atoms with van der Waals surface area (Å²) < 4.78 is 7.80. The number of ether oxygens (including phenoxy) is 1. The van der Waals surface area contributed by atoms with Crippen molar-refractivity contribution in [3.05, 3.63) is 47.2 Å². The highest BCUT2D eigenvalue weighted by Gasteiger charge is 2.40. The summed E-state index contributed by atoms with van der Waals surface area (Å²) in [6.45, 7) is 0.733. The van der Waals surface area contributed by atoms with Crippen molar-refractivity contribution in [3.63, 3.8) is 0 Å². The van der Waals surface area contributed by atoms with E-state index in [0.29, 0.717) is 22.9 Å². The number of carbonyl (C=O) groups excluding carboxylic acids is 2. The van der Waals surface area contributed by atoms with Crippen molar-refractivity contribution in [1.29, 1.82) is 0 Å². The first kappa shape index (κ1) is 14.8. The molecule has 2 aromatic rings. The third kappa shape index (κ3) is 2.32. The van der Waals surface area contributed by atoms with Crippen LogP contribution in [0.3, 0.4) is 0 Å². The maximum Gasteiger partial charge on any atom is 0.267 e. The Morgan fingerprint density at radius 1 is 1.00 bits per heavy atom. The lowest BCUT2D eigenvalue weighted by Crippen LogP contribution is -2.30. The number of rotatable bonds is 3. The molecule has 25 heavy (non-hydrogen) atoms. The van der Waals surface area contributed by atoms with Gasteiger partial charge in [-0.25, -0.2) is 9.58 Å². The molecular formula is C19H19N3O3. The first-order chi connectivity index (χ1) is 12.2. The van der Waals surface area contributed by atoms with Gasteiger partial charge in [-0.15, -0.1) is 0 Å². The number of hydrogen-bond acceptors (Lipinski definition) is 4. The number of aromatic nitrogens is 2. The Balaban J connectivity index is 1.55. The van der Waals surface area contributed by atoms with Crippen LogP contribution in [0.25, 0.3) is 0 Å². The van der Waals surface area contributed by atoms with Gasteiger partial charge in [0, 0.05) is 24.3 Å². The first-order valence-electron chi connectivity index (χ1n) is 8.93. The van der Waals surface area contributed by atoms with Gasteiger partial charge >= 0.3 is 0 Å². The first-order valence-corrected chi connectivity index (χ1v) is 8.93. The number of amides is 2. The summed E-state index contributed by atoms with van der Waals surface area (Å²) in [5, 5.41) is 4.64. The van der Waals surface area contributed by atoms with E-state index in [2.05, 4.69) is 5.10 Å². The molecule has 2 aliphatic heterocycles. The molecule has 1 aromatic heterocycles. The second-order valence-corrected chi connectivity index (χ2v) is 6.96. The fourth-order valence-corrected chi connectivity index (χ4v) is 3.73. The molecule has 2 fully saturated rings. The van der Waals surface area contributed by atoms with Gasteiger partial charge < -0.3 is 4.74 Å². The van der Waals surface area contributed by atoms with E-state index in [1.807, 2.05) is 10.7 Å². The Hall–Kier alpha value is -2.47. The van der Waals surface area contributed by atoms with Gasteiger partial charge in [0.2, 0.25) is 0 Å². The lowest BCUT2D eigenvalue weighted by atomic mass is 10.1. The van der Waals surface area contributed by atoms with Crippen LogP contribution in [0.4, 0.5) is 5.82 Å². The van der Waals surface area contributed by atoms with Crippen molar-refractivity contribution >= 4 is 17.6 Å². The van der Waals surface area contributed by atoms with Crippen LogP contribution in [-0.4, -0.2) is 28.2 Å². The van der Waals surface area contributed by atoms with Crippen molar-refractivity contribution in [3.8, 4) is 0 Å². The van der Waals surface area contributed by atoms with E-state index in [1.165, 1.54) is 4.90 Å². The monoisotopic (exact) mass is 337 g/mol. The highest BCUT2D eigenvalue weighted by atomic mass is 16.5. The molecule has 6 nitrogen and oxygen atoms in total. The second kappa shape index (κ2) is 5.52. The molecule has 3 aliphatic rings. The molecule has 1 aromatic carbocycles. The van der Waals surface area contributed by atoms with E-state index in [4.69, 9.17) is 4.74 Å². The average Bonchev–Trinajstić information content (AvgIpc) is 3.36. The molecule has 1 saturated heterocycles. The molecule has 1 atom stereocenters. The summed E-state index contributed by atoms with van der Waals surface area (Å²) in [5.74, 6) is 0.290. The standard InChI is InChI=1S/C19H19N3O3/c23-18-13-5-1-2-6-14(13)19(24)21(18)16-11-15(12-8-9-12)22(20-16)17-7-3-4-10-25-17/h1-2,5-6,11-12,17H,3-4,7-10H2. The molecule has 1 unspecified atom stereocenters. The molecule has 0 N–H and O–H groups in total. The van der Waals surface area contributed by atoms with Crippen LogP contribution in [0.15, 0.2) is 30.3 Å². The second-order valence-electron chi connectivity index (χ2n) is 6.96. The Bertz CT molecular complexity index is 828. The molecule has 1 saturated carbocycles. The third-order valence-corrected chi connectivity index (χ3v) is 5.20. The summed E-state index contributed by atoms with van der Waals surface area (Å²) in [4.78, 5) is 26.6. The van der Waals surface area contributed by atoms with Crippen molar-refractivity contribution < 1.29 is 14.3 Å². The number of anilines is 1.